The molecule has 2 rings (SSSR count). The highest BCUT2D eigenvalue weighted by Crippen LogP contribution is 2.17. The first-order valence-corrected chi connectivity index (χ1v) is 9.78. The van der Waals surface area contributed by atoms with Gasteiger partial charge in [0.2, 0.25) is 0 Å². The quantitative estimate of drug-likeness (QED) is 0.735. The molecule has 2 aromatic rings. The minimum atomic E-state index is -0.0850. The second-order valence-corrected chi connectivity index (χ2v) is 7.71. The van der Waals surface area contributed by atoms with Crippen molar-refractivity contribution in [2.45, 2.75) is 40.3 Å². The number of amides is 2. The summed E-state index contributed by atoms with van der Waals surface area (Å²) in [5.74, 6) is -0.0333. The maximum absolute atomic E-state index is 12.8. The van der Waals surface area contributed by atoms with Gasteiger partial charge in [-0.15, -0.1) is 0 Å². The predicted octanol–water partition coefficient (Wildman–Crippen LogP) is 2.19. The normalized spacial score (nSPS) is 11.9. The number of aryl methyl sites for hydroxylation is 1. The lowest BCUT2D eigenvalue weighted by molar-refractivity contribution is -0.862. The Labute approximate surface area is 168 Å². The van der Waals surface area contributed by atoms with E-state index in [1.807, 2.05) is 88.2 Å². The Balaban J connectivity index is 1.92. The van der Waals surface area contributed by atoms with E-state index in [-0.39, 0.29) is 30.9 Å². The number of quaternary nitrogens is 1. The largest absolute Gasteiger partial charge is 0.331 e. The van der Waals surface area contributed by atoms with Crippen molar-refractivity contribution in [3.05, 3.63) is 65.2 Å². The lowest BCUT2D eigenvalue weighted by Gasteiger charge is -2.27. The number of benzene rings is 2. The number of nitrogens with one attached hydrogen (secondary N) is 2. The molecule has 1 atom stereocenters. The Morgan fingerprint density at radius 1 is 1.00 bits per heavy atom. The van der Waals surface area contributed by atoms with E-state index in [4.69, 9.17) is 0 Å². The van der Waals surface area contributed by atoms with Crippen LogP contribution in [0.3, 0.4) is 0 Å². The molecule has 0 saturated carbocycles. The molecular formula is C23H32N3O2+. The fourth-order valence-corrected chi connectivity index (χ4v) is 3.12. The summed E-state index contributed by atoms with van der Waals surface area (Å²) in [7, 11) is 1.88. The van der Waals surface area contributed by atoms with Gasteiger partial charge in [0.25, 0.3) is 11.8 Å². The summed E-state index contributed by atoms with van der Waals surface area (Å²) < 4.78 is 0. The van der Waals surface area contributed by atoms with Crippen molar-refractivity contribution in [3.8, 4) is 0 Å². The van der Waals surface area contributed by atoms with Crippen molar-refractivity contribution in [3.63, 3.8) is 0 Å². The Kier molecular flexibility index (Phi) is 7.76. The van der Waals surface area contributed by atoms with Gasteiger partial charge in [0, 0.05) is 18.3 Å². The van der Waals surface area contributed by atoms with E-state index < -0.39 is 0 Å². The number of hydrogen-bond acceptors (Lipinski definition) is 2. The topological polar surface area (TPSA) is 53.9 Å². The van der Waals surface area contributed by atoms with E-state index in [0.29, 0.717) is 6.54 Å². The maximum atomic E-state index is 12.8. The molecule has 0 radical (unpaired) electrons. The molecule has 5 nitrogen and oxygen atoms in total. The van der Waals surface area contributed by atoms with E-state index in [1.54, 1.807) is 0 Å². The third kappa shape index (κ3) is 6.20. The molecule has 0 heterocycles. The zero-order valence-corrected chi connectivity index (χ0v) is 17.6. The van der Waals surface area contributed by atoms with Gasteiger partial charge in [-0.05, 0) is 50.5 Å². The van der Waals surface area contributed by atoms with Crippen molar-refractivity contribution in [2.24, 2.45) is 0 Å². The van der Waals surface area contributed by atoms with Gasteiger partial charge in [-0.25, -0.2) is 0 Å². The number of carbonyl (C=O) groups excluding carboxylic acids is 2. The molecule has 2 amide bonds. The summed E-state index contributed by atoms with van der Waals surface area (Å²) in [5, 5.41) is 2.96. The zero-order chi connectivity index (χ0) is 20.7. The van der Waals surface area contributed by atoms with Gasteiger partial charge in [-0.1, -0.05) is 42.5 Å². The van der Waals surface area contributed by atoms with Crippen molar-refractivity contribution in [1.82, 2.24) is 4.90 Å². The molecule has 2 N–H and O–H groups in total. The van der Waals surface area contributed by atoms with E-state index in [0.717, 1.165) is 27.3 Å². The van der Waals surface area contributed by atoms with E-state index in [2.05, 4.69) is 5.32 Å². The summed E-state index contributed by atoms with van der Waals surface area (Å²) in [6.45, 7) is 9.16. The van der Waals surface area contributed by atoms with Crippen LogP contribution in [-0.2, 0) is 16.1 Å². The highest BCUT2D eigenvalue weighted by molar-refractivity contribution is 5.92. The molecule has 5 heteroatoms. The van der Waals surface area contributed by atoms with Gasteiger partial charge < -0.3 is 15.1 Å². The second-order valence-electron chi connectivity index (χ2n) is 7.71. The first kappa shape index (κ1) is 21.6. The lowest BCUT2D eigenvalue weighted by atomic mass is 10.1. The van der Waals surface area contributed by atoms with Crippen LogP contribution in [0.1, 0.15) is 30.5 Å². The molecule has 0 aliphatic carbocycles. The number of nitrogens with zero attached hydrogens (tertiary/aromatic N) is 1. The van der Waals surface area contributed by atoms with Crippen LogP contribution in [0.2, 0.25) is 0 Å². The Hall–Kier alpha value is -2.66. The van der Waals surface area contributed by atoms with E-state index in [1.165, 1.54) is 0 Å². The summed E-state index contributed by atoms with van der Waals surface area (Å²) in [4.78, 5) is 27.9. The molecule has 0 fully saturated rings. The SMILES string of the molecule is Cc1cccc(NC(=O)C[NH+](C)CC(=O)N(Cc2ccccc2)C(C)C)c1C. The molecule has 150 valence electrons. The smallest absolute Gasteiger partial charge is 0.279 e. The van der Waals surface area contributed by atoms with Gasteiger partial charge in [-0.2, -0.15) is 0 Å². The van der Waals surface area contributed by atoms with Crippen LogP contribution in [0.5, 0.6) is 0 Å². The van der Waals surface area contributed by atoms with Crippen LogP contribution in [0.4, 0.5) is 5.69 Å². The Morgan fingerprint density at radius 3 is 2.32 bits per heavy atom. The fourth-order valence-electron chi connectivity index (χ4n) is 3.12. The molecule has 0 saturated heterocycles. The van der Waals surface area contributed by atoms with Crippen molar-refractivity contribution < 1.29 is 14.5 Å². The molecule has 2 aromatic carbocycles. The van der Waals surface area contributed by atoms with Crippen LogP contribution in [0, 0.1) is 13.8 Å². The third-order valence-electron chi connectivity index (χ3n) is 4.93. The van der Waals surface area contributed by atoms with Crippen LogP contribution in [-0.4, -0.2) is 42.9 Å². The standard InChI is InChI=1S/C23H31N3O2/c1-17(2)26(14-20-11-7-6-8-12-20)23(28)16-25(5)15-22(27)24-21-13-9-10-18(3)19(21)4/h6-13,17H,14-16H2,1-5H3,(H,24,27)/p+1. The molecule has 0 aromatic heterocycles. The Bertz CT molecular complexity index is 803. The van der Waals surface area contributed by atoms with Crippen LogP contribution in [0.25, 0.3) is 0 Å². The second kappa shape index (κ2) is 10.0. The third-order valence-corrected chi connectivity index (χ3v) is 4.93. The number of likely N-dealkylation sites (N-methyl/N-ethyl adjacent to an activating group) is 1. The zero-order valence-electron chi connectivity index (χ0n) is 17.6. The average Bonchev–Trinajstić information content (AvgIpc) is 2.63. The minimum absolute atomic E-state index is 0.0517. The van der Waals surface area contributed by atoms with Crippen molar-refractivity contribution >= 4 is 17.5 Å². The first-order valence-electron chi connectivity index (χ1n) is 9.78. The number of carbonyl (C=O) groups is 2. The van der Waals surface area contributed by atoms with Crippen LogP contribution in [0.15, 0.2) is 48.5 Å². The summed E-state index contributed by atoms with van der Waals surface area (Å²) >= 11 is 0. The van der Waals surface area contributed by atoms with E-state index in [9.17, 15) is 9.59 Å². The average molecular weight is 383 g/mol. The van der Waals surface area contributed by atoms with Gasteiger partial charge in [0.15, 0.2) is 13.1 Å². The van der Waals surface area contributed by atoms with E-state index >= 15 is 0 Å². The minimum Gasteiger partial charge on any atom is -0.331 e. The molecule has 28 heavy (non-hydrogen) atoms. The molecule has 0 aliphatic heterocycles. The molecular weight excluding hydrogens is 350 g/mol. The maximum Gasteiger partial charge on any atom is 0.279 e. The highest BCUT2D eigenvalue weighted by atomic mass is 16.2. The molecule has 1 unspecified atom stereocenters. The monoisotopic (exact) mass is 382 g/mol. The van der Waals surface area contributed by atoms with Crippen molar-refractivity contribution in [1.29, 1.82) is 0 Å². The van der Waals surface area contributed by atoms with Crippen molar-refractivity contribution in [2.75, 3.05) is 25.5 Å². The molecule has 0 bridgehead atoms. The van der Waals surface area contributed by atoms with Gasteiger partial charge in [-0.3, -0.25) is 9.59 Å². The van der Waals surface area contributed by atoms with Crippen LogP contribution >= 0.6 is 0 Å². The number of hydrogen-bond donors (Lipinski definition) is 2. The summed E-state index contributed by atoms with van der Waals surface area (Å²) in [6, 6.07) is 15.9. The lowest BCUT2D eigenvalue weighted by Crippen LogP contribution is -3.11. The predicted molar refractivity (Wildman–Crippen MR) is 113 cm³/mol. The van der Waals surface area contributed by atoms with Gasteiger partial charge in [0.1, 0.15) is 0 Å². The van der Waals surface area contributed by atoms with Gasteiger partial charge >= 0.3 is 0 Å². The molecule has 0 spiro atoms. The first-order chi connectivity index (χ1) is 13.3. The highest BCUT2D eigenvalue weighted by Gasteiger charge is 2.22. The Morgan fingerprint density at radius 2 is 1.68 bits per heavy atom. The summed E-state index contributed by atoms with van der Waals surface area (Å²) in [6.07, 6.45) is 0. The van der Waals surface area contributed by atoms with Gasteiger partial charge in [0.05, 0.1) is 7.05 Å². The summed E-state index contributed by atoms with van der Waals surface area (Å²) in [5.41, 5.74) is 4.15. The fraction of sp³-hybridized carbons (Fsp3) is 0.391. The number of rotatable bonds is 8. The number of anilines is 1. The van der Waals surface area contributed by atoms with Crippen LogP contribution < -0.4 is 10.2 Å². The molecule has 0 aliphatic rings.